The van der Waals surface area contributed by atoms with Crippen molar-refractivity contribution in [2.45, 2.75) is 12.8 Å². The minimum Gasteiger partial charge on any atom is -0.466 e. The Morgan fingerprint density at radius 3 is 2.95 bits per heavy atom. The number of rotatable bonds is 4. The van der Waals surface area contributed by atoms with Gasteiger partial charge in [0.15, 0.2) is 0 Å². The molecule has 0 saturated carbocycles. The number of hydrogen-bond donors (Lipinski definition) is 1. The Morgan fingerprint density at radius 2 is 2.19 bits per heavy atom. The highest BCUT2D eigenvalue weighted by atomic mass is 16.5. The number of nitrogens with one attached hydrogen (secondary N) is 1. The number of nitrogens with zero attached hydrogens (tertiary/aromatic N) is 2. The van der Waals surface area contributed by atoms with E-state index < -0.39 is 0 Å². The van der Waals surface area contributed by atoms with Crippen molar-refractivity contribution in [3.05, 3.63) is 48.3 Å². The largest absolute Gasteiger partial charge is 0.466 e. The first kappa shape index (κ1) is 13.8. The summed E-state index contributed by atoms with van der Waals surface area (Å²) < 4.78 is 7.01. The third kappa shape index (κ3) is 2.83. The molecule has 110 valence electrons. The quantitative estimate of drug-likeness (QED) is 0.869. The average Bonchev–Trinajstić information content (AvgIpc) is 3.17. The molecule has 0 bridgehead atoms. The zero-order chi connectivity index (χ0) is 14.7. The minimum atomic E-state index is -0.127. The van der Waals surface area contributed by atoms with E-state index in [-0.39, 0.29) is 17.8 Å². The van der Waals surface area contributed by atoms with E-state index in [1.165, 1.54) is 0 Å². The molecule has 0 aliphatic carbocycles. The lowest BCUT2D eigenvalue weighted by Gasteiger charge is -2.15. The molecule has 2 atom stereocenters. The van der Waals surface area contributed by atoms with Gasteiger partial charge in [-0.15, -0.1) is 0 Å². The molecule has 2 aromatic rings. The molecule has 1 fully saturated rings. The Kier molecular flexibility index (Phi) is 4.01. The van der Waals surface area contributed by atoms with Crippen LogP contribution in [0.15, 0.2) is 42.7 Å². The van der Waals surface area contributed by atoms with Crippen LogP contribution in [0.25, 0.3) is 5.69 Å². The maximum atomic E-state index is 12.0. The van der Waals surface area contributed by atoms with Gasteiger partial charge in [-0.2, -0.15) is 5.10 Å². The minimum absolute atomic E-state index is 0.125. The fourth-order valence-corrected chi connectivity index (χ4v) is 2.78. The van der Waals surface area contributed by atoms with Crippen molar-refractivity contribution in [3.8, 4) is 5.69 Å². The Hall–Kier alpha value is -2.14. The number of carbonyl (C=O) groups is 1. The molecule has 1 saturated heterocycles. The van der Waals surface area contributed by atoms with Gasteiger partial charge < -0.3 is 10.1 Å². The Labute approximate surface area is 123 Å². The Balaban J connectivity index is 1.81. The van der Waals surface area contributed by atoms with Gasteiger partial charge in [0, 0.05) is 25.2 Å². The first-order valence-corrected chi connectivity index (χ1v) is 7.27. The number of hydrogen-bond acceptors (Lipinski definition) is 4. The molecule has 0 amide bonds. The summed E-state index contributed by atoms with van der Waals surface area (Å²) in [5, 5.41) is 7.68. The highest BCUT2D eigenvalue weighted by Gasteiger charge is 2.35. The van der Waals surface area contributed by atoms with E-state index in [1.807, 2.05) is 54.3 Å². The number of carbonyl (C=O) groups excluding carboxylic acids is 1. The monoisotopic (exact) mass is 285 g/mol. The average molecular weight is 285 g/mol. The second kappa shape index (κ2) is 6.10. The third-order valence-corrected chi connectivity index (χ3v) is 3.86. The highest BCUT2D eigenvalue weighted by molar-refractivity contribution is 5.74. The van der Waals surface area contributed by atoms with Gasteiger partial charge in [0.05, 0.1) is 24.4 Å². The molecule has 1 N–H and O–H groups in total. The van der Waals surface area contributed by atoms with Crippen LogP contribution in [0.1, 0.15) is 18.4 Å². The normalized spacial score (nSPS) is 21.4. The molecule has 1 aromatic heterocycles. The van der Waals surface area contributed by atoms with Crippen LogP contribution in [0.4, 0.5) is 0 Å². The van der Waals surface area contributed by atoms with Crippen molar-refractivity contribution in [1.82, 2.24) is 15.1 Å². The number of para-hydroxylation sites is 1. The van der Waals surface area contributed by atoms with E-state index in [4.69, 9.17) is 4.74 Å². The SMILES string of the molecule is CCOC(=O)C1CNCC1c1cnn(-c2ccccc2)c1. The zero-order valence-electron chi connectivity index (χ0n) is 12.0. The number of ether oxygens (including phenoxy) is 1. The number of benzene rings is 1. The van der Waals surface area contributed by atoms with Crippen molar-refractivity contribution in [3.63, 3.8) is 0 Å². The molecule has 5 heteroatoms. The van der Waals surface area contributed by atoms with Crippen LogP contribution >= 0.6 is 0 Å². The Bertz CT molecular complexity index is 609. The molecule has 1 aliphatic rings. The Morgan fingerprint density at radius 1 is 1.38 bits per heavy atom. The van der Waals surface area contributed by atoms with Crippen LogP contribution in [-0.4, -0.2) is 35.4 Å². The summed E-state index contributed by atoms with van der Waals surface area (Å²) >= 11 is 0. The first-order chi connectivity index (χ1) is 10.3. The number of aromatic nitrogens is 2. The summed E-state index contributed by atoms with van der Waals surface area (Å²) in [4.78, 5) is 12.0. The fraction of sp³-hybridized carbons (Fsp3) is 0.375. The lowest BCUT2D eigenvalue weighted by atomic mass is 9.91. The second-order valence-electron chi connectivity index (χ2n) is 5.18. The lowest BCUT2D eigenvalue weighted by Crippen LogP contribution is -2.23. The van der Waals surface area contributed by atoms with Gasteiger partial charge in [-0.05, 0) is 24.6 Å². The van der Waals surface area contributed by atoms with Crippen molar-refractivity contribution < 1.29 is 9.53 Å². The van der Waals surface area contributed by atoms with Gasteiger partial charge in [-0.25, -0.2) is 4.68 Å². The van der Waals surface area contributed by atoms with Gasteiger partial charge in [-0.3, -0.25) is 4.79 Å². The summed E-state index contributed by atoms with van der Waals surface area (Å²) in [5.41, 5.74) is 2.09. The predicted octanol–water partition coefficient (Wildman–Crippen LogP) is 1.74. The fourth-order valence-electron chi connectivity index (χ4n) is 2.78. The first-order valence-electron chi connectivity index (χ1n) is 7.27. The van der Waals surface area contributed by atoms with E-state index >= 15 is 0 Å². The number of esters is 1. The molecular formula is C16H19N3O2. The molecule has 3 rings (SSSR count). The lowest BCUT2D eigenvalue weighted by molar-refractivity contribution is -0.147. The molecule has 0 spiro atoms. The standard InChI is InChI=1S/C16H19N3O2/c1-2-21-16(20)15-10-17-9-14(15)12-8-18-19(11-12)13-6-4-3-5-7-13/h3-8,11,14-15,17H,2,9-10H2,1H3. The summed E-state index contributed by atoms with van der Waals surface area (Å²) in [6, 6.07) is 9.95. The second-order valence-corrected chi connectivity index (χ2v) is 5.18. The van der Waals surface area contributed by atoms with E-state index in [1.54, 1.807) is 0 Å². The van der Waals surface area contributed by atoms with Gasteiger partial charge in [0.1, 0.15) is 0 Å². The van der Waals surface area contributed by atoms with E-state index in [9.17, 15) is 4.79 Å². The van der Waals surface area contributed by atoms with Crippen molar-refractivity contribution >= 4 is 5.97 Å². The predicted molar refractivity (Wildman–Crippen MR) is 79.3 cm³/mol. The van der Waals surface area contributed by atoms with Crippen LogP contribution in [0.3, 0.4) is 0 Å². The van der Waals surface area contributed by atoms with Crippen LogP contribution in [0.2, 0.25) is 0 Å². The summed E-state index contributed by atoms with van der Waals surface area (Å²) in [6.07, 6.45) is 3.84. The van der Waals surface area contributed by atoms with Crippen LogP contribution in [-0.2, 0) is 9.53 Å². The van der Waals surface area contributed by atoms with Gasteiger partial charge in [0.25, 0.3) is 0 Å². The van der Waals surface area contributed by atoms with Crippen molar-refractivity contribution in [2.75, 3.05) is 19.7 Å². The topological polar surface area (TPSA) is 56.1 Å². The highest BCUT2D eigenvalue weighted by Crippen LogP contribution is 2.29. The smallest absolute Gasteiger partial charge is 0.310 e. The van der Waals surface area contributed by atoms with E-state index in [0.29, 0.717) is 13.2 Å². The van der Waals surface area contributed by atoms with Gasteiger partial charge in [0.2, 0.25) is 0 Å². The molecule has 21 heavy (non-hydrogen) atoms. The summed E-state index contributed by atoms with van der Waals surface area (Å²) in [7, 11) is 0. The van der Waals surface area contributed by atoms with Crippen LogP contribution in [0.5, 0.6) is 0 Å². The summed E-state index contributed by atoms with van der Waals surface area (Å²) in [5.74, 6) is -0.125. The van der Waals surface area contributed by atoms with Gasteiger partial charge >= 0.3 is 5.97 Å². The van der Waals surface area contributed by atoms with Crippen molar-refractivity contribution in [1.29, 1.82) is 0 Å². The molecule has 1 aromatic carbocycles. The third-order valence-electron chi connectivity index (χ3n) is 3.86. The molecule has 5 nitrogen and oxygen atoms in total. The molecular weight excluding hydrogens is 266 g/mol. The summed E-state index contributed by atoms with van der Waals surface area (Å²) in [6.45, 7) is 3.71. The maximum absolute atomic E-state index is 12.0. The van der Waals surface area contributed by atoms with Crippen LogP contribution in [0, 0.1) is 5.92 Å². The molecule has 0 radical (unpaired) electrons. The van der Waals surface area contributed by atoms with Gasteiger partial charge in [-0.1, -0.05) is 18.2 Å². The molecule has 1 aliphatic heterocycles. The van der Waals surface area contributed by atoms with Crippen molar-refractivity contribution in [2.24, 2.45) is 5.92 Å². The van der Waals surface area contributed by atoms with E-state index in [0.717, 1.165) is 17.8 Å². The van der Waals surface area contributed by atoms with E-state index in [2.05, 4.69) is 10.4 Å². The molecule has 2 unspecified atom stereocenters. The van der Waals surface area contributed by atoms with Crippen LogP contribution < -0.4 is 5.32 Å². The maximum Gasteiger partial charge on any atom is 0.310 e. The zero-order valence-corrected chi connectivity index (χ0v) is 12.0. The molecule has 2 heterocycles.